The number of nitrogens with zero attached hydrogens (tertiary/aromatic N) is 1. The van der Waals surface area contributed by atoms with E-state index in [4.69, 9.17) is 0 Å². The van der Waals surface area contributed by atoms with Crippen molar-refractivity contribution in [2.24, 2.45) is 0 Å². The number of nitrogens with one attached hydrogen (secondary N) is 1. The smallest absolute Gasteiger partial charge is 0.0660 e. The van der Waals surface area contributed by atoms with Crippen molar-refractivity contribution in [3.05, 3.63) is 47.4 Å². The van der Waals surface area contributed by atoms with E-state index in [0.29, 0.717) is 0 Å². The van der Waals surface area contributed by atoms with Crippen molar-refractivity contribution < 1.29 is 0 Å². The summed E-state index contributed by atoms with van der Waals surface area (Å²) in [7, 11) is 1.06. The van der Waals surface area contributed by atoms with Gasteiger partial charge in [0.25, 0.3) is 0 Å². The molecule has 0 aliphatic rings. The highest BCUT2D eigenvalue weighted by atomic mass is 31.0. The monoisotopic (exact) mass is 176 g/mol. The van der Waals surface area contributed by atoms with E-state index in [9.17, 15) is 0 Å². The lowest BCUT2D eigenvalue weighted by atomic mass is 10.1. The molecule has 12 heavy (non-hydrogen) atoms. The van der Waals surface area contributed by atoms with E-state index in [2.05, 4.69) is 34.2 Å². The molecule has 0 spiro atoms. The molecule has 0 atom stereocenters. The van der Waals surface area contributed by atoms with Crippen molar-refractivity contribution in [2.45, 2.75) is 6.42 Å². The van der Waals surface area contributed by atoms with Crippen LogP contribution in [0.5, 0.6) is 0 Å². The highest BCUT2D eigenvalue weighted by Gasteiger charge is 1.95. The minimum atomic E-state index is 0.999. The summed E-state index contributed by atoms with van der Waals surface area (Å²) in [5, 5.41) is 4.16. The summed E-state index contributed by atoms with van der Waals surface area (Å²) in [5.74, 6) is 0. The van der Waals surface area contributed by atoms with E-state index in [-0.39, 0.29) is 0 Å². The third-order valence-corrected chi connectivity index (χ3v) is 2.45. The zero-order chi connectivity index (χ0) is 8.23. The van der Waals surface area contributed by atoms with Crippen molar-refractivity contribution in [3.8, 4) is 0 Å². The highest BCUT2D eigenvalue weighted by molar-refractivity contribution is 7.26. The zero-order valence-corrected chi connectivity index (χ0v) is 7.46. The topological polar surface area (TPSA) is 28.7 Å². The molecule has 0 saturated heterocycles. The van der Waals surface area contributed by atoms with Gasteiger partial charge in [-0.2, -0.15) is 4.86 Å². The summed E-state index contributed by atoms with van der Waals surface area (Å²) >= 11 is 0. The molecule has 0 fully saturated rings. The van der Waals surface area contributed by atoms with Gasteiger partial charge in [0.2, 0.25) is 0 Å². The summed E-state index contributed by atoms with van der Waals surface area (Å²) in [6.45, 7) is 0. The van der Waals surface area contributed by atoms with Gasteiger partial charge in [0.1, 0.15) is 0 Å². The number of rotatable bonds is 2. The van der Waals surface area contributed by atoms with E-state index >= 15 is 0 Å². The Morgan fingerprint density at radius 2 is 2.08 bits per heavy atom. The van der Waals surface area contributed by atoms with Crippen molar-refractivity contribution >= 4 is 8.35 Å². The second-order valence-electron chi connectivity index (χ2n) is 2.63. The SMILES string of the molecule is c1ccc(Cc2c[nH]np2)cc1. The normalized spacial score (nSPS) is 10.7. The maximum absolute atomic E-state index is 3.99. The third kappa shape index (κ3) is 1.72. The minimum absolute atomic E-state index is 0.999. The van der Waals surface area contributed by atoms with Crippen LogP contribution in [0.3, 0.4) is 0 Å². The Kier molecular flexibility index (Phi) is 2.19. The molecule has 1 aromatic carbocycles. The molecule has 0 saturated carbocycles. The number of H-pyrrole nitrogens is 1. The number of benzene rings is 1. The molecule has 0 bridgehead atoms. The summed E-state index contributed by atoms with van der Waals surface area (Å²) < 4.78 is 0. The molecule has 1 heterocycles. The maximum atomic E-state index is 3.99. The van der Waals surface area contributed by atoms with Crippen molar-refractivity contribution in [2.75, 3.05) is 0 Å². The molecule has 2 aromatic rings. The van der Waals surface area contributed by atoms with Crippen LogP contribution in [0.25, 0.3) is 0 Å². The Morgan fingerprint density at radius 3 is 2.75 bits per heavy atom. The van der Waals surface area contributed by atoms with Crippen molar-refractivity contribution in [1.82, 2.24) is 9.96 Å². The van der Waals surface area contributed by atoms with Crippen LogP contribution < -0.4 is 0 Å². The van der Waals surface area contributed by atoms with Gasteiger partial charge < -0.3 is 0 Å². The molecule has 2 nitrogen and oxygen atoms in total. The molecule has 0 amide bonds. The quantitative estimate of drug-likeness (QED) is 0.748. The minimum Gasteiger partial charge on any atom is -0.281 e. The Hall–Kier alpha value is -1.14. The number of aromatic nitrogens is 2. The first-order valence-corrected chi connectivity index (χ1v) is 4.69. The first-order valence-electron chi connectivity index (χ1n) is 3.84. The number of hydrogen-bond donors (Lipinski definition) is 1. The second-order valence-corrected chi connectivity index (χ2v) is 3.60. The lowest BCUT2D eigenvalue weighted by Gasteiger charge is -1.95. The standard InChI is InChI=1S/C9H9N2P/c1-2-4-8(5-3-1)6-9-7-10-11-12-9/h1-5,7H,6H2,(H,10,11). The van der Waals surface area contributed by atoms with Gasteiger partial charge in [0, 0.05) is 17.9 Å². The van der Waals surface area contributed by atoms with Crippen LogP contribution in [0.1, 0.15) is 10.9 Å². The van der Waals surface area contributed by atoms with Gasteiger partial charge >= 0.3 is 0 Å². The van der Waals surface area contributed by atoms with Crippen LogP contribution in [0, 0.1) is 0 Å². The Morgan fingerprint density at radius 1 is 1.25 bits per heavy atom. The van der Waals surface area contributed by atoms with E-state index in [1.54, 1.807) is 0 Å². The molecule has 3 heteroatoms. The first-order chi connectivity index (χ1) is 5.95. The van der Waals surface area contributed by atoms with Crippen LogP contribution in [0.4, 0.5) is 0 Å². The average molecular weight is 176 g/mol. The van der Waals surface area contributed by atoms with Crippen LogP contribution in [0.2, 0.25) is 0 Å². The van der Waals surface area contributed by atoms with E-state index < -0.39 is 0 Å². The Bertz CT molecular complexity index is 329. The van der Waals surface area contributed by atoms with Gasteiger partial charge in [-0.3, -0.25) is 5.10 Å². The summed E-state index contributed by atoms with van der Waals surface area (Å²) in [6, 6.07) is 10.4. The predicted molar refractivity (Wildman–Crippen MR) is 50.3 cm³/mol. The lowest BCUT2D eigenvalue weighted by Crippen LogP contribution is -1.81. The van der Waals surface area contributed by atoms with Gasteiger partial charge in [-0.25, -0.2) is 0 Å². The molecular formula is C9H9N2P. The van der Waals surface area contributed by atoms with Crippen LogP contribution >= 0.6 is 8.35 Å². The number of hydrogen-bond acceptors (Lipinski definition) is 1. The van der Waals surface area contributed by atoms with Gasteiger partial charge in [-0.05, 0) is 5.56 Å². The van der Waals surface area contributed by atoms with E-state index in [0.717, 1.165) is 14.8 Å². The van der Waals surface area contributed by atoms with Gasteiger partial charge in [-0.1, -0.05) is 30.3 Å². The molecule has 60 valence electrons. The average Bonchev–Trinajstić information content (AvgIpc) is 2.59. The third-order valence-electron chi connectivity index (χ3n) is 1.70. The Balaban J connectivity index is 2.15. The first kappa shape index (κ1) is 7.51. The molecule has 0 aliphatic carbocycles. The fraction of sp³-hybridized carbons (Fsp3) is 0.111. The lowest BCUT2D eigenvalue weighted by molar-refractivity contribution is 1.13. The maximum Gasteiger partial charge on any atom is 0.0660 e. The van der Waals surface area contributed by atoms with Crippen LogP contribution in [-0.4, -0.2) is 9.96 Å². The molecular weight excluding hydrogens is 167 g/mol. The summed E-state index contributed by atoms with van der Waals surface area (Å²) in [5.41, 5.74) is 1.34. The van der Waals surface area contributed by atoms with Gasteiger partial charge in [0.05, 0.1) is 8.35 Å². The highest BCUT2D eigenvalue weighted by Crippen LogP contribution is 2.13. The predicted octanol–water partition coefficient (Wildman–Crippen LogP) is 2.58. The fourth-order valence-electron chi connectivity index (χ4n) is 1.12. The largest absolute Gasteiger partial charge is 0.281 e. The van der Waals surface area contributed by atoms with Crippen LogP contribution in [0.15, 0.2) is 36.5 Å². The number of aromatic amines is 1. The summed E-state index contributed by atoms with van der Waals surface area (Å²) in [4.78, 5) is 3.99. The molecule has 1 aromatic heterocycles. The Labute approximate surface area is 72.8 Å². The summed E-state index contributed by atoms with van der Waals surface area (Å²) in [6.07, 6.45) is 2.97. The molecule has 1 N–H and O–H groups in total. The molecule has 0 radical (unpaired) electrons. The van der Waals surface area contributed by atoms with Crippen LogP contribution in [-0.2, 0) is 6.42 Å². The van der Waals surface area contributed by atoms with E-state index in [1.807, 2.05) is 12.3 Å². The second kappa shape index (κ2) is 3.51. The van der Waals surface area contributed by atoms with Crippen molar-refractivity contribution in [1.29, 1.82) is 0 Å². The van der Waals surface area contributed by atoms with Crippen molar-refractivity contribution in [3.63, 3.8) is 0 Å². The molecule has 0 unspecified atom stereocenters. The van der Waals surface area contributed by atoms with E-state index in [1.165, 1.54) is 10.9 Å². The molecule has 0 aliphatic heterocycles. The molecule has 2 rings (SSSR count). The fourth-order valence-corrected chi connectivity index (χ4v) is 1.73. The van der Waals surface area contributed by atoms with Gasteiger partial charge in [0.15, 0.2) is 0 Å². The zero-order valence-electron chi connectivity index (χ0n) is 6.57. The van der Waals surface area contributed by atoms with Gasteiger partial charge in [-0.15, -0.1) is 0 Å².